The van der Waals surface area contributed by atoms with Gasteiger partial charge in [0.2, 0.25) is 0 Å². The largest absolute Gasteiger partial charge is 0.437 e. The number of nitrogens with zero attached hydrogens (tertiary/aromatic N) is 1. The molecule has 1 rings (SSSR count). The van der Waals surface area contributed by atoms with Crippen LogP contribution in [0.25, 0.3) is 0 Å². The van der Waals surface area contributed by atoms with Crippen LogP contribution in [-0.4, -0.2) is 17.0 Å². The average molecular weight is 269 g/mol. The van der Waals surface area contributed by atoms with Gasteiger partial charge in [-0.25, -0.2) is 4.79 Å². The van der Waals surface area contributed by atoms with E-state index in [1.165, 1.54) is 6.92 Å². The third-order valence-corrected chi connectivity index (χ3v) is 2.39. The molecule has 0 unspecified atom stereocenters. The van der Waals surface area contributed by atoms with E-state index in [-0.39, 0.29) is 11.0 Å². The second kappa shape index (κ2) is 6.76. The van der Waals surface area contributed by atoms with Gasteiger partial charge in [-0.05, 0) is 31.2 Å². The second-order valence-electron chi connectivity index (χ2n) is 3.46. The summed E-state index contributed by atoms with van der Waals surface area (Å²) in [7, 11) is 0. The number of rotatable bonds is 4. The Balaban J connectivity index is 2.57. The lowest BCUT2D eigenvalue weighted by atomic mass is 10.1. The number of anilines is 1. The van der Waals surface area contributed by atoms with Gasteiger partial charge in [-0.2, -0.15) is 0 Å². The Morgan fingerprint density at radius 2 is 1.94 bits per heavy atom. The van der Waals surface area contributed by atoms with E-state index in [1.54, 1.807) is 31.2 Å². The maximum absolute atomic E-state index is 11.3. The molecule has 1 amide bonds. The van der Waals surface area contributed by atoms with Gasteiger partial charge in [0.25, 0.3) is 0 Å². The molecule has 0 saturated carbocycles. The zero-order valence-electron chi connectivity index (χ0n) is 10.1. The summed E-state index contributed by atoms with van der Waals surface area (Å²) < 4.78 is 0. The maximum Gasteiger partial charge on any atom is 0.437 e. The lowest BCUT2D eigenvalue weighted by molar-refractivity contribution is 0.101. The Hall–Kier alpha value is -1.88. The van der Waals surface area contributed by atoms with Gasteiger partial charge in [0, 0.05) is 17.7 Å². The molecule has 0 aliphatic heterocycles. The predicted molar refractivity (Wildman–Crippen MR) is 70.1 cm³/mol. The highest BCUT2D eigenvalue weighted by Crippen LogP contribution is 2.10. The van der Waals surface area contributed by atoms with Crippen LogP contribution in [0, 0.1) is 0 Å². The Morgan fingerprint density at radius 1 is 1.33 bits per heavy atom. The molecule has 0 heterocycles. The third kappa shape index (κ3) is 4.55. The van der Waals surface area contributed by atoms with Crippen molar-refractivity contribution in [1.29, 1.82) is 0 Å². The summed E-state index contributed by atoms with van der Waals surface area (Å²) in [5, 5.41) is 6.06. The van der Waals surface area contributed by atoms with Gasteiger partial charge in [-0.3, -0.25) is 14.9 Å². The van der Waals surface area contributed by atoms with Crippen molar-refractivity contribution >= 4 is 34.3 Å². The number of benzene rings is 1. The van der Waals surface area contributed by atoms with Crippen molar-refractivity contribution in [2.24, 2.45) is 5.16 Å². The van der Waals surface area contributed by atoms with Crippen LogP contribution in [0.1, 0.15) is 30.6 Å². The van der Waals surface area contributed by atoms with Crippen molar-refractivity contribution in [3.05, 3.63) is 29.8 Å². The number of amides is 1. The van der Waals surface area contributed by atoms with Crippen molar-refractivity contribution in [2.45, 2.75) is 20.3 Å². The van der Waals surface area contributed by atoms with Crippen LogP contribution in [0.2, 0.25) is 0 Å². The monoisotopic (exact) mass is 268 g/mol. The highest BCUT2D eigenvalue weighted by Gasteiger charge is 2.04. The van der Waals surface area contributed by atoms with E-state index < -0.39 is 6.09 Å². The van der Waals surface area contributed by atoms with E-state index in [0.717, 1.165) is 0 Å². The van der Waals surface area contributed by atoms with Crippen LogP contribution in [0.3, 0.4) is 0 Å². The van der Waals surface area contributed by atoms with Gasteiger partial charge in [0.1, 0.15) is 5.17 Å². The molecule has 5 nitrogen and oxygen atoms in total. The van der Waals surface area contributed by atoms with Crippen molar-refractivity contribution in [3.8, 4) is 0 Å². The fourth-order valence-corrected chi connectivity index (χ4v) is 1.12. The normalized spacial score (nSPS) is 10.9. The number of hydrogen-bond acceptors (Lipinski definition) is 4. The quantitative estimate of drug-likeness (QED) is 0.394. The summed E-state index contributed by atoms with van der Waals surface area (Å²) >= 11 is 5.58. The van der Waals surface area contributed by atoms with Gasteiger partial charge >= 0.3 is 6.09 Å². The topological polar surface area (TPSA) is 67.8 Å². The highest BCUT2D eigenvalue weighted by molar-refractivity contribution is 6.65. The standard InChI is InChI=1S/C12H13ClN2O3/c1-3-11(13)15-18-12(17)14-10-6-4-9(5-7-10)8(2)16/h4-7H,3H2,1-2H3,(H,14,17)/b15-11-. The molecular formula is C12H13ClN2O3. The van der Waals surface area contributed by atoms with Gasteiger partial charge < -0.3 is 0 Å². The minimum atomic E-state index is -0.739. The van der Waals surface area contributed by atoms with Gasteiger partial charge in [-0.1, -0.05) is 23.7 Å². The molecule has 0 atom stereocenters. The number of carbonyl (C=O) groups is 2. The molecule has 96 valence electrons. The molecule has 0 aliphatic rings. The number of Topliss-reactive ketones (excluding diaryl/α,β-unsaturated/α-hetero) is 1. The lowest BCUT2D eigenvalue weighted by Crippen LogP contribution is -2.11. The van der Waals surface area contributed by atoms with Crippen LogP contribution in [-0.2, 0) is 4.84 Å². The molecule has 6 heteroatoms. The van der Waals surface area contributed by atoms with Crippen LogP contribution in [0.15, 0.2) is 29.4 Å². The van der Waals surface area contributed by atoms with E-state index in [9.17, 15) is 9.59 Å². The molecule has 0 saturated heterocycles. The number of oxime groups is 1. The van der Waals surface area contributed by atoms with E-state index in [2.05, 4.69) is 15.3 Å². The fourth-order valence-electron chi connectivity index (χ4n) is 1.08. The van der Waals surface area contributed by atoms with Gasteiger partial charge in [0.15, 0.2) is 5.78 Å². The summed E-state index contributed by atoms with van der Waals surface area (Å²) in [5.41, 5.74) is 1.08. The molecule has 1 aromatic rings. The molecule has 0 spiro atoms. The molecule has 1 N–H and O–H groups in total. The minimum Gasteiger partial charge on any atom is -0.297 e. The van der Waals surface area contributed by atoms with Crippen molar-refractivity contribution in [1.82, 2.24) is 0 Å². The average Bonchev–Trinajstić information content (AvgIpc) is 2.36. The second-order valence-corrected chi connectivity index (χ2v) is 3.89. The number of hydrogen-bond donors (Lipinski definition) is 1. The van der Waals surface area contributed by atoms with E-state index in [1.807, 2.05) is 0 Å². The first-order chi connectivity index (χ1) is 8.52. The lowest BCUT2D eigenvalue weighted by Gasteiger charge is -2.03. The van der Waals surface area contributed by atoms with Crippen LogP contribution >= 0.6 is 11.6 Å². The molecule has 0 fully saturated rings. The van der Waals surface area contributed by atoms with Crippen LogP contribution < -0.4 is 5.32 Å². The summed E-state index contributed by atoms with van der Waals surface area (Å²) in [4.78, 5) is 26.8. The Bertz CT molecular complexity index is 469. The summed E-state index contributed by atoms with van der Waals surface area (Å²) in [6.45, 7) is 3.26. The summed E-state index contributed by atoms with van der Waals surface area (Å²) in [5.74, 6) is -0.0385. The number of ketones is 1. The van der Waals surface area contributed by atoms with E-state index in [0.29, 0.717) is 17.7 Å². The van der Waals surface area contributed by atoms with Crippen molar-refractivity contribution in [2.75, 3.05) is 5.32 Å². The summed E-state index contributed by atoms with van der Waals surface area (Å²) in [6, 6.07) is 6.42. The zero-order chi connectivity index (χ0) is 13.5. The molecular weight excluding hydrogens is 256 g/mol. The fraction of sp³-hybridized carbons (Fsp3) is 0.250. The predicted octanol–water partition coefficient (Wildman–Crippen LogP) is 3.40. The van der Waals surface area contributed by atoms with Crippen molar-refractivity contribution in [3.63, 3.8) is 0 Å². The Labute approximate surface area is 110 Å². The van der Waals surface area contributed by atoms with E-state index >= 15 is 0 Å². The van der Waals surface area contributed by atoms with Crippen LogP contribution in [0.4, 0.5) is 10.5 Å². The number of carbonyl (C=O) groups excluding carboxylic acids is 2. The first kappa shape index (κ1) is 14.2. The SMILES string of the molecule is CC/C(Cl)=N/OC(=O)Nc1ccc(C(C)=O)cc1. The van der Waals surface area contributed by atoms with Crippen molar-refractivity contribution < 1.29 is 14.4 Å². The highest BCUT2D eigenvalue weighted by atomic mass is 35.5. The van der Waals surface area contributed by atoms with Crippen LogP contribution in [0.5, 0.6) is 0 Å². The maximum atomic E-state index is 11.3. The van der Waals surface area contributed by atoms with Gasteiger partial charge in [-0.15, -0.1) is 0 Å². The molecule has 0 radical (unpaired) electrons. The van der Waals surface area contributed by atoms with E-state index in [4.69, 9.17) is 11.6 Å². The molecule has 1 aromatic carbocycles. The smallest absolute Gasteiger partial charge is 0.297 e. The molecule has 0 aromatic heterocycles. The molecule has 18 heavy (non-hydrogen) atoms. The minimum absolute atomic E-state index is 0.0385. The molecule has 0 bridgehead atoms. The third-order valence-electron chi connectivity index (χ3n) is 2.06. The first-order valence-electron chi connectivity index (χ1n) is 5.34. The Kier molecular flexibility index (Phi) is 5.32. The van der Waals surface area contributed by atoms with Gasteiger partial charge in [0.05, 0.1) is 0 Å². The number of halogens is 1. The number of nitrogens with one attached hydrogen (secondary N) is 1. The zero-order valence-corrected chi connectivity index (χ0v) is 10.8. The Morgan fingerprint density at radius 3 is 2.44 bits per heavy atom. The summed E-state index contributed by atoms with van der Waals surface area (Å²) in [6.07, 6.45) is -0.250. The first-order valence-corrected chi connectivity index (χ1v) is 5.72. The molecule has 0 aliphatic carbocycles.